The van der Waals surface area contributed by atoms with Crippen molar-refractivity contribution in [3.63, 3.8) is 0 Å². The van der Waals surface area contributed by atoms with Gasteiger partial charge in [0.25, 0.3) is 5.91 Å². The van der Waals surface area contributed by atoms with Crippen molar-refractivity contribution in [2.24, 2.45) is 5.73 Å². The van der Waals surface area contributed by atoms with E-state index in [1.165, 1.54) is 0 Å². The smallest absolute Gasteiger partial charge is 0.251 e. The molecule has 0 saturated heterocycles. The van der Waals surface area contributed by atoms with Crippen molar-refractivity contribution in [1.29, 1.82) is 0 Å². The van der Waals surface area contributed by atoms with Gasteiger partial charge < -0.3 is 11.1 Å². The number of aryl methyl sites for hydroxylation is 1. The highest BCUT2D eigenvalue weighted by Gasteiger charge is 2.11. The van der Waals surface area contributed by atoms with Gasteiger partial charge in [-0.1, -0.05) is 22.9 Å². The molecule has 0 saturated carbocycles. The van der Waals surface area contributed by atoms with Crippen molar-refractivity contribution in [3.05, 3.63) is 33.8 Å². The van der Waals surface area contributed by atoms with Gasteiger partial charge in [0.2, 0.25) is 0 Å². The summed E-state index contributed by atoms with van der Waals surface area (Å²) in [6.45, 7) is 4.43. The molecule has 88 valence electrons. The van der Waals surface area contributed by atoms with E-state index in [0.717, 1.165) is 16.5 Å². The summed E-state index contributed by atoms with van der Waals surface area (Å²) in [5.41, 5.74) is 7.26. The summed E-state index contributed by atoms with van der Waals surface area (Å²) in [5.74, 6) is -0.0621. The van der Waals surface area contributed by atoms with Crippen LogP contribution < -0.4 is 11.1 Å². The van der Waals surface area contributed by atoms with Crippen molar-refractivity contribution in [1.82, 2.24) is 5.32 Å². The lowest BCUT2D eigenvalue weighted by molar-refractivity contribution is 0.0937. The topological polar surface area (TPSA) is 55.1 Å². The summed E-state index contributed by atoms with van der Waals surface area (Å²) in [6.07, 6.45) is 0.845. The minimum absolute atomic E-state index is 0.0523. The molecule has 1 unspecified atom stereocenters. The molecule has 0 bridgehead atoms. The van der Waals surface area contributed by atoms with Gasteiger partial charge in [0.15, 0.2) is 0 Å². The summed E-state index contributed by atoms with van der Waals surface area (Å²) in [4.78, 5) is 11.9. The van der Waals surface area contributed by atoms with Crippen LogP contribution in [0.5, 0.6) is 0 Å². The summed E-state index contributed by atoms with van der Waals surface area (Å²) >= 11 is 3.40. The van der Waals surface area contributed by atoms with Crippen LogP contribution in [0.25, 0.3) is 0 Å². The predicted octanol–water partition coefficient (Wildman–Crippen LogP) is 2.22. The molecule has 0 fully saturated rings. The third-order valence-corrected chi connectivity index (χ3v) is 3.42. The normalized spacial score (nSPS) is 12.2. The number of hydrogen-bond donors (Lipinski definition) is 2. The Bertz CT molecular complexity index is 375. The third-order valence-electron chi connectivity index (χ3n) is 2.53. The van der Waals surface area contributed by atoms with E-state index in [-0.39, 0.29) is 11.9 Å². The molecule has 0 aliphatic carbocycles. The number of nitrogens with two attached hydrogens (primary N) is 1. The number of hydrogen-bond acceptors (Lipinski definition) is 2. The van der Waals surface area contributed by atoms with E-state index in [2.05, 4.69) is 21.2 Å². The van der Waals surface area contributed by atoms with Gasteiger partial charge in [-0.25, -0.2) is 0 Å². The van der Waals surface area contributed by atoms with Crippen LogP contribution in [0.4, 0.5) is 0 Å². The Morgan fingerprint density at radius 2 is 2.25 bits per heavy atom. The number of halogens is 1. The Morgan fingerprint density at radius 1 is 1.56 bits per heavy atom. The number of rotatable bonds is 4. The molecule has 1 aromatic carbocycles. The second kappa shape index (κ2) is 6.01. The number of benzene rings is 1. The molecule has 1 atom stereocenters. The Kier molecular flexibility index (Phi) is 4.96. The van der Waals surface area contributed by atoms with E-state index in [0.29, 0.717) is 12.1 Å². The van der Waals surface area contributed by atoms with Crippen LogP contribution >= 0.6 is 15.9 Å². The van der Waals surface area contributed by atoms with E-state index >= 15 is 0 Å². The standard InChI is InChI=1S/C12H17BrN2O/c1-3-10(7-14)15-12(16)9-4-5-11(13)8(2)6-9/h4-6,10H,3,7,14H2,1-2H3,(H,15,16). The molecule has 3 nitrogen and oxygen atoms in total. The maximum Gasteiger partial charge on any atom is 0.251 e. The van der Waals surface area contributed by atoms with Crippen molar-refractivity contribution in [3.8, 4) is 0 Å². The third kappa shape index (κ3) is 3.32. The van der Waals surface area contributed by atoms with E-state index in [4.69, 9.17) is 5.73 Å². The summed E-state index contributed by atoms with van der Waals surface area (Å²) in [7, 11) is 0. The minimum atomic E-state index is -0.0621. The van der Waals surface area contributed by atoms with E-state index < -0.39 is 0 Å². The van der Waals surface area contributed by atoms with Crippen LogP contribution in [-0.4, -0.2) is 18.5 Å². The maximum absolute atomic E-state index is 11.9. The Labute approximate surface area is 105 Å². The lowest BCUT2D eigenvalue weighted by Gasteiger charge is -2.14. The number of amides is 1. The fraction of sp³-hybridized carbons (Fsp3) is 0.417. The molecule has 1 aromatic rings. The van der Waals surface area contributed by atoms with Crippen LogP contribution in [0, 0.1) is 6.92 Å². The summed E-state index contributed by atoms with van der Waals surface area (Å²) in [6, 6.07) is 5.60. The van der Waals surface area contributed by atoms with Gasteiger partial charge in [-0.05, 0) is 37.1 Å². The second-order valence-corrected chi connectivity index (χ2v) is 4.63. The highest BCUT2D eigenvalue weighted by atomic mass is 79.9. The van der Waals surface area contributed by atoms with Gasteiger partial charge in [0.05, 0.1) is 0 Å². The molecule has 0 aliphatic rings. The summed E-state index contributed by atoms with van der Waals surface area (Å²) in [5, 5.41) is 2.90. The van der Waals surface area contributed by atoms with Crippen molar-refractivity contribution in [2.75, 3.05) is 6.54 Å². The molecular formula is C12H17BrN2O. The quantitative estimate of drug-likeness (QED) is 0.891. The van der Waals surface area contributed by atoms with E-state index in [1.807, 2.05) is 26.0 Å². The Balaban J connectivity index is 2.76. The fourth-order valence-electron chi connectivity index (χ4n) is 1.38. The second-order valence-electron chi connectivity index (χ2n) is 3.78. The molecule has 16 heavy (non-hydrogen) atoms. The molecule has 1 rings (SSSR count). The van der Waals surface area contributed by atoms with Crippen LogP contribution in [-0.2, 0) is 0 Å². The van der Waals surface area contributed by atoms with Gasteiger partial charge in [-0.15, -0.1) is 0 Å². The van der Waals surface area contributed by atoms with Crippen molar-refractivity contribution >= 4 is 21.8 Å². The molecule has 0 spiro atoms. The average Bonchev–Trinajstić information content (AvgIpc) is 2.29. The van der Waals surface area contributed by atoms with Crippen LogP contribution in [0.15, 0.2) is 22.7 Å². The first-order valence-corrected chi connectivity index (χ1v) is 6.14. The zero-order chi connectivity index (χ0) is 12.1. The zero-order valence-corrected chi connectivity index (χ0v) is 11.2. The van der Waals surface area contributed by atoms with E-state index in [1.54, 1.807) is 6.07 Å². The van der Waals surface area contributed by atoms with Crippen LogP contribution in [0.1, 0.15) is 29.3 Å². The first kappa shape index (κ1) is 13.2. The van der Waals surface area contributed by atoms with Gasteiger partial charge in [0, 0.05) is 22.6 Å². The Morgan fingerprint density at radius 3 is 2.75 bits per heavy atom. The highest BCUT2D eigenvalue weighted by molar-refractivity contribution is 9.10. The lowest BCUT2D eigenvalue weighted by Crippen LogP contribution is -2.39. The molecule has 0 aliphatic heterocycles. The number of nitrogens with one attached hydrogen (secondary N) is 1. The molecular weight excluding hydrogens is 268 g/mol. The van der Waals surface area contributed by atoms with Gasteiger partial charge in [-0.3, -0.25) is 4.79 Å². The van der Waals surface area contributed by atoms with Crippen molar-refractivity contribution < 1.29 is 4.79 Å². The summed E-state index contributed by atoms with van der Waals surface area (Å²) < 4.78 is 1.01. The molecule has 1 amide bonds. The number of carbonyl (C=O) groups excluding carboxylic acids is 1. The SMILES string of the molecule is CCC(CN)NC(=O)c1ccc(Br)c(C)c1. The van der Waals surface area contributed by atoms with Gasteiger partial charge in [-0.2, -0.15) is 0 Å². The van der Waals surface area contributed by atoms with Gasteiger partial charge >= 0.3 is 0 Å². The first-order valence-electron chi connectivity index (χ1n) is 5.35. The minimum Gasteiger partial charge on any atom is -0.348 e. The average molecular weight is 285 g/mol. The highest BCUT2D eigenvalue weighted by Crippen LogP contribution is 2.17. The molecule has 4 heteroatoms. The molecule has 0 heterocycles. The van der Waals surface area contributed by atoms with E-state index in [9.17, 15) is 4.79 Å². The van der Waals surface area contributed by atoms with Crippen LogP contribution in [0.2, 0.25) is 0 Å². The Hall–Kier alpha value is -0.870. The molecule has 3 N–H and O–H groups in total. The lowest BCUT2D eigenvalue weighted by atomic mass is 10.1. The zero-order valence-electron chi connectivity index (χ0n) is 9.59. The largest absolute Gasteiger partial charge is 0.348 e. The molecule has 0 radical (unpaired) electrons. The van der Waals surface area contributed by atoms with Crippen LogP contribution in [0.3, 0.4) is 0 Å². The van der Waals surface area contributed by atoms with Gasteiger partial charge in [0.1, 0.15) is 0 Å². The fourth-order valence-corrected chi connectivity index (χ4v) is 1.63. The van der Waals surface area contributed by atoms with Crippen molar-refractivity contribution in [2.45, 2.75) is 26.3 Å². The first-order chi connectivity index (χ1) is 7.58. The molecule has 0 aromatic heterocycles. The maximum atomic E-state index is 11.9. The predicted molar refractivity (Wildman–Crippen MR) is 69.5 cm³/mol. The number of carbonyl (C=O) groups is 1. The monoisotopic (exact) mass is 284 g/mol.